The number of halogens is 1. The Morgan fingerprint density at radius 2 is 1.79 bits per heavy atom. The molecule has 1 aliphatic rings. The number of benzene rings is 2. The molecule has 0 aliphatic carbocycles. The van der Waals surface area contributed by atoms with Gasteiger partial charge in [0, 0.05) is 49.5 Å². The SMILES string of the molecule is COc1cccc(-c2cc(C(=O)N3CCN(c4cccc(Cl)c4)CC3)n(C)n2)c1. The summed E-state index contributed by atoms with van der Waals surface area (Å²) in [5, 5.41) is 5.26. The van der Waals surface area contributed by atoms with Gasteiger partial charge >= 0.3 is 0 Å². The van der Waals surface area contributed by atoms with Crippen molar-refractivity contribution in [1.29, 1.82) is 0 Å². The van der Waals surface area contributed by atoms with Crippen LogP contribution >= 0.6 is 11.6 Å². The Morgan fingerprint density at radius 3 is 2.52 bits per heavy atom. The average Bonchev–Trinajstić information content (AvgIpc) is 3.15. The fourth-order valence-corrected chi connectivity index (χ4v) is 3.78. The number of hydrogen-bond acceptors (Lipinski definition) is 4. The molecule has 3 aromatic rings. The monoisotopic (exact) mass is 410 g/mol. The molecule has 4 rings (SSSR count). The first-order valence-corrected chi connectivity index (χ1v) is 9.91. The molecule has 29 heavy (non-hydrogen) atoms. The normalized spacial score (nSPS) is 14.2. The van der Waals surface area contributed by atoms with Gasteiger partial charge in [-0.1, -0.05) is 29.8 Å². The number of anilines is 1. The molecule has 1 fully saturated rings. The summed E-state index contributed by atoms with van der Waals surface area (Å²) in [6.45, 7) is 2.86. The number of amides is 1. The summed E-state index contributed by atoms with van der Waals surface area (Å²) in [4.78, 5) is 17.2. The summed E-state index contributed by atoms with van der Waals surface area (Å²) >= 11 is 6.10. The standard InChI is InChI=1S/C22H23ClN4O2/c1-25-21(15-20(24-25)16-5-3-8-19(13-16)29-2)22(28)27-11-9-26(10-12-27)18-7-4-6-17(23)14-18/h3-8,13-15H,9-12H2,1-2H3. The first-order chi connectivity index (χ1) is 14.0. The molecule has 0 atom stereocenters. The summed E-state index contributed by atoms with van der Waals surface area (Å²) in [7, 11) is 3.44. The van der Waals surface area contributed by atoms with Gasteiger partial charge in [0.05, 0.1) is 12.8 Å². The van der Waals surface area contributed by atoms with Gasteiger partial charge in [0.1, 0.15) is 11.4 Å². The first-order valence-electron chi connectivity index (χ1n) is 9.53. The van der Waals surface area contributed by atoms with Crippen LogP contribution < -0.4 is 9.64 Å². The van der Waals surface area contributed by atoms with Crippen LogP contribution in [0.5, 0.6) is 5.75 Å². The van der Waals surface area contributed by atoms with Gasteiger partial charge in [-0.3, -0.25) is 9.48 Å². The third-order valence-corrected chi connectivity index (χ3v) is 5.44. The van der Waals surface area contributed by atoms with Crippen LogP contribution in [0.2, 0.25) is 5.02 Å². The number of methoxy groups -OCH3 is 1. The Hall–Kier alpha value is -2.99. The number of piperazine rings is 1. The van der Waals surface area contributed by atoms with Crippen LogP contribution in [-0.2, 0) is 7.05 Å². The quantitative estimate of drug-likeness (QED) is 0.658. The van der Waals surface area contributed by atoms with Crippen molar-refractivity contribution in [2.75, 3.05) is 38.2 Å². The van der Waals surface area contributed by atoms with Crippen LogP contribution in [-0.4, -0.2) is 53.9 Å². The van der Waals surface area contributed by atoms with Crippen molar-refractivity contribution in [3.8, 4) is 17.0 Å². The molecule has 2 aromatic carbocycles. The van der Waals surface area contributed by atoms with Crippen molar-refractivity contribution in [2.45, 2.75) is 0 Å². The van der Waals surface area contributed by atoms with Gasteiger partial charge in [0.15, 0.2) is 0 Å². The molecule has 6 nitrogen and oxygen atoms in total. The Morgan fingerprint density at radius 1 is 1.03 bits per heavy atom. The van der Waals surface area contributed by atoms with E-state index in [9.17, 15) is 4.79 Å². The molecule has 0 saturated carbocycles. The maximum absolute atomic E-state index is 13.1. The molecule has 0 N–H and O–H groups in total. The molecule has 0 unspecified atom stereocenters. The van der Waals surface area contributed by atoms with E-state index in [1.807, 2.05) is 59.5 Å². The Bertz CT molecular complexity index is 1030. The molecule has 1 aliphatic heterocycles. The Balaban J connectivity index is 1.47. The third-order valence-electron chi connectivity index (χ3n) is 5.20. The van der Waals surface area contributed by atoms with Crippen LogP contribution in [0.15, 0.2) is 54.6 Å². The average molecular weight is 411 g/mol. The maximum atomic E-state index is 13.1. The van der Waals surface area contributed by atoms with Gasteiger partial charge in [-0.15, -0.1) is 0 Å². The molecular formula is C22H23ClN4O2. The van der Waals surface area contributed by atoms with Crippen LogP contribution in [0.3, 0.4) is 0 Å². The van der Waals surface area contributed by atoms with E-state index in [2.05, 4.69) is 10.00 Å². The minimum Gasteiger partial charge on any atom is -0.497 e. The molecule has 150 valence electrons. The minimum atomic E-state index is -0.000102. The summed E-state index contributed by atoms with van der Waals surface area (Å²) in [5.41, 5.74) is 3.35. The molecule has 0 bridgehead atoms. The van der Waals surface area contributed by atoms with Gasteiger partial charge < -0.3 is 14.5 Å². The predicted molar refractivity (Wildman–Crippen MR) is 115 cm³/mol. The molecule has 0 radical (unpaired) electrons. The number of nitrogens with zero attached hydrogens (tertiary/aromatic N) is 4. The van der Waals surface area contributed by atoms with Crippen molar-refractivity contribution in [1.82, 2.24) is 14.7 Å². The van der Waals surface area contributed by atoms with E-state index in [-0.39, 0.29) is 5.91 Å². The highest BCUT2D eigenvalue weighted by Crippen LogP contribution is 2.25. The second-order valence-corrected chi connectivity index (χ2v) is 7.47. The fraction of sp³-hybridized carbons (Fsp3) is 0.273. The maximum Gasteiger partial charge on any atom is 0.272 e. The van der Waals surface area contributed by atoms with Crippen molar-refractivity contribution in [2.24, 2.45) is 7.05 Å². The van der Waals surface area contributed by atoms with Crippen LogP contribution in [0.4, 0.5) is 5.69 Å². The van der Waals surface area contributed by atoms with E-state index in [0.29, 0.717) is 18.8 Å². The highest BCUT2D eigenvalue weighted by molar-refractivity contribution is 6.30. The third kappa shape index (κ3) is 4.07. The lowest BCUT2D eigenvalue weighted by atomic mass is 10.1. The van der Waals surface area contributed by atoms with E-state index < -0.39 is 0 Å². The predicted octanol–water partition coefficient (Wildman–Crippen LogP) is 3.71. The molecule has 1 aromatic heterocycles. The van der Waals surface area contributed by atoms with Crippen LogP contribution in [0.25, 0.3) is 11.3 Å². The number of carbonyl (C=O) groups is 1. The zero-order valence-electron chi connectivity index (χ0n) is 16.5. The largest absolute Gasteiger partial charge is 0.497 e. The Kier molecular flexibility index (Phi) is 5.45. The van der Waals surface area contributed by atoms with Crippen molar-refractivity contribution >= 4 is 23.2 Å². The van der Waals surface area contributed by atoms with Gasteiger partial charge in [-0.2, -0.15) is 5.10 Å². The highest BCUT2D eigenvalue weighted by Gasteiger charge is 2.25. The lowest BCUT2D eigenvalue weighted by Gasteiger charge is -2.36. The second kappa shape index (κ2) is 8.17. The first kappa shape index (κ1) is 19.3. The van der Waals surface area contributed by atoms with Crippen molar-refractivity contribution in [3.05, 3.63) is 65.3 Å². The molecule has 2 heterocycles. The van der Waals surface area contributed by atoms with Gasteiger partial charge in [-0.25, -0.2) is 0 Å². The summed E-state index contributed by atoms with van der Waals surface area (Å²) < 4.78 is 6.94. The van der Waals surface area contributed by atoms with Crippen LogP contribution in [0.1, 0.15) is 10.5 Å². The number of carbonyl (C=O) groups excluding carboxylic acids is 1. The summed E-state index contributed by atoms with van der Waals surface area (Å²) in [6, 6.07) is 17.4. The van der Waals surface area contributed by atoms with Crippen LogP contribution in [0, 0.1) is 0 Å². The van der Waals surface area contributed by atoms with Gasteiger partial charge in [-0.05, 0) is 36.4 Å². The summed E-state index contributed by atoms with van der Waals surface area (Å²) in [5.74, 6) is 0.762. The van der Waals surface area contributed by atoms with E-state index in [1.54, 1.807) is 18.8 Å². The fourth-order valence-electron chi connectivity index (χ4n) is 3.59. The van der Waals surface area contributed by atoms with Crippen molar-refractivity contribution in [3.63, 3.8) is 0 Å². The zero-order valence-corrected chi connectivity index (χ0v) is 17.3. The van der Waals surface area contributed by atoms with Gasteiger partial charge in [0.25, 0.3) is 5.91 Å². The molecule has 1 saturated heterocycles. The molecule has 1 amide bonds. The Labute approximate surface area is 175 Å². The van der Waals surface area contributed by atoms with E-state index in [0.717, 1.165) is 40.8 Å². The number of aromatic nitrogens is 2. The number of hydrogen-bond donors (Lipinski definition) is 0. The topological polar surface area (TPSA) is 50.6 Å². The zero-order chi connectivity index (χ0) is 20.4. The van der Waals surface area contributed by atoms with E-state index in [4.69, 9.17) is 16.3 Å². The summed E-state index contributed by atoms with van der Waals surface area (Å²) in [6.07, 6.45) is 0. The number of ether oxygens (including phenoxy) is 1. The molecule has 7 heteroatoms. The number of aryl methyl sites for hydroxylation is 1. The number of rotatable bonds is 4. The minimum absolute atomic E-state index is 0.000102. The lowest BCUT2D eigenvalue weighted by Crippen LogP contribution is -2.49. The second-order valence-electron chi connectivity index (χ2n) is 7.03. The van der Waals surface area contributed by atoms with E-state index >= 15 is 0 Å². The smallest absolute Gasteiger partial charge is 0.272 e. The van der Waals surface area contributed by atoms with Gasteiger partial charge in [0.2, 0.25) is 0 Å². The highest BCUT2D eigenvalue weighted by atomic mass is 35.5. The molecule has 0 spiro atoms. The van der Waals surface area contributed by atoms with Crippen molar-refractivity contribution < 1.29 is 9.53 Å². The molecular weight excluding hydrogens is 388 g/mol. The lowest BCUT2D eigenvalue weighted by molar-refractivity contribution is 0.0735. The van der Waals surface area contributed by atoms with E-state index in [1.165, 1.54) is 0 Å².